The minimum Gasteiger partial charge on any atom is -0.349 e. The van der Waals surface area contributed by atoms with Crippen LogP contribution >= 0.6 is 0 Å². The largest absolute Gasteiger partial charge is 0.349 e. The molecule has 2 aromatic heterocycles. The smallest absolute Gasteiger partial charge is 0.105 e. The Hall–Kier alpha value is -1.64. The molecule has 2 aromatic rings. The fraction of sp³-hybridized carbons (Fsp3) is 0.111. The first-order chi connectivity index (χ1) is 5.88. The zero-order chi connectivity index (χ0) is 8.39. The summed E-state index contributed by atoms with van der Waals surface area (Å²) in [4.78, 5) is 8.20. The van der Waals surface area contributed by atoms with E-state index >= 15 is 0 Å². The zero-order valence-electron chi connectivity index (χ0n) is 6.81. The Morgan fingerprint density at radius 3 is 2.83 bits per heavy atom. The quantitative estimate of drug-likeness (QED) is 0.631. The molecule has 0 bridgehead atoms. The summed E-state index contributed by atoms with van der Waals surface area (Å²) >= 11 is 0. The van der Waals surface area contributed by atoms with E-state index in [1.54, 1.807) is 18.6 Å². The Morgan fingerprint density at radius 2 is 2.25 bits per heavy atom. The van der Waals surface area contributed by atoms with E-state index in [2.05, 4.69) is 9.97 Å². The second-order valence-electron chi connectivity index (χ2n) is 2.59. The predicted octanol–water partition coefficient (Wildman–Crippen LogP) is 1.48. The van der Waals surface area contributed by atoms with E-state index < -0.39 is 0 Å². The van der Waals surface area contributed by atoms with Gasteiger partial charge in [0, 0.05) is 25.6 Å². The van der Waals surface area contributed by atoms with E-state index in [0.717, 1.165) is 11.4 Å². The van der Waals surface area contributed by atoms with Gasteiger partial charge in [0.25, 0.3) is 0 Å². The van der Waals surface area contributed by atoms with Gasteiger partial charge in [-0.25, -0.2) is 0 Å². The zero-order valence-corrected chi connectivity index (χ0v) is 6.81. The third kappa shape index (κ3) is 1.09. The molecule has 3 heteroatoms. The molecule has 0 amide bonds. The molecule has 0 aliphatic carbocycles. The number of hydrogen-bond acceptors (Lipinski definition) is 2. The maximum absolute atomic E-state index is 4.20. The molecule has 0 aromatic carbocycles. The van der Waals surface area contributed by atoms with Gasteiger partial charge in [0.05, 0.1) is 11.9 Å². The fourth-order valence-electron chi connectivity index (χ4n) is 1.16. The molecule has 2 heterocycles. The number of rotatable bonds is 1. The lowest BCUT2D eigenvalue weighted by atomic mass is 10.3. The van der Waals surface area contributed by atoms with Crippen LogP contribution < -0.4 is 0 Å². The van der Waals surface area contributed by atoms with E-state index in [4.69, 9.17) is 0 Å². The Labute approximate surface area is 70.7 Å². The van der Waals surface area contributed by atoms with Gasteiger partial charge in [-0.3, -0.25) is 9.97 Å². The maximum atomic E-state index is 4.20. The lowest BCUT2D eigenvalue weighted by Gasteiger charge is -1.99. The molecule has 0 saturated carbocycles. The van der Waals surface area contributed by atoms with Crippen molar-refractivity contribution in [3.8, 4) is 11.4 Å². The van der Waals surface area contributed by atoms with Crippen molar-refractivity contribution in [3.63, 3.8) is 0 Å². The molecule has 3 nitrogen and oxygen atoms in total. The molecule has 0 unspecified atom stereocenters. The molecule has 2 rings (SSSR count). The summed E-state index contributed by atoms with van der Waals surface area (Å²) in [6.07, 6.45) is 7.12. The first-order valence-corrected chi connectivity index (χ1v) is 3.75. The van der Waals surface area contributed by atoms with Crippen molar-refractivity contribution in [1.29, 1.82) is 0 Å². The van der Waals surface area contributed by atoms with Crippen LogP contribution in [0, 0.1) is 0 Å². The number of nitrogens with zero attached hydrogens (tertiary/aromatic N) is 3. The van der Waals surface area contributed by atoms with Gasteiger partial charge in [-0.15, -0.1) is 0 Å². The summed E-state index contributed by atoms with van der Waals surface area (Å²) in [5.74, 6) is 0. The van der Waals surface area contributed by atoms with E-state index in [1.165, 1.54) is 0 Å². The first kappa shape index (κ1) is 7.03. The van der Waals surface area contributed by atoms with Gasteiger partial charge in [-0.1, -0.05) is 0 Å². The van der Waals surface area contributed by atoms with Gasteiger partial charge in [0.2, 0.25) is 0 Å². The second-order valence-corrected chi connectivity index (χ2v) is 2.59. The Bertz CT molecular complexity index is 364. The molecule has 0 atom stereocenters. The van der Waals surface area contributed by atoms with Gasteiger partial charge >= 0.3 is 0 Å². The Balaban J connectivity index is 2.51. The highest BCUT2D eigenvalue weighted by atomic mass is 14.9. The molecular formula is C9H9N3. The average molecular weight is 159 g/mol. The van der Waals surface area contributed by atoms with Crippen LogP contribution in [0.3, 0.4) is 0 Å². The van der Waals surface area contributed by atoms with E-state index in [-0.39, 0.29) is 0 Å². The minimum atomic E-state index is 0.907. The van der Waals surface area contributed by atoms with Crippen molar-refractivity contribution >= 4 is 0 Å². The van der Waals surface area contributed by atoms with Crippen LogP contribution in [0.2, 0.25) is 0 Å². The summed E-state index contributed by atoms with van der Waals surface area (Å²) in [6.45, 7) is 0. The molecule has 0 aliphatic heterocycles. The maximum Gasteiger partial charge on any atom is 0.105 e. The SMILES string of the molecule is Cn1cccc1-c1cnccn1. The van der Waals surface area contributed by atoms with Gasteiger partial charge < -0.3 is 4.57 Å². The van der Waals surface area contributed by atoms with Gasteiger partial charge in [-0.05, 0) is 12.1 Å². The van der Waals surface area contributed by atoms with E-state index in [9.17, 15) is 0 Å². The van der Waals surface area contributed by atoms with Crippen molar-refractivity contribution in [2.75, 3.05) is 0 Å². The monoisotopic (exact) mass is 159 g/mol. The summed E-state index contributed by atoms with van der Waals surface area (Å²) in [5.41, 5.74) is 1.99. The van der Waals surface area contributed by atoms with Crippen molar-refractivity contribution in [3.05, 3.63) is 36.9 Å². The average Bonchev–Trinajstić information content (AvgIpc) is 2.53. The van der Waals surface area contributed by atoms with Crippen LogP contribution in [0.4, 0.5) is 0 Å². The number of hydrogen-bond donors (Lipinski definition) is 0. The third-order valence-corrected chi connectivity index (χ3v) is 1.77. The summed E-state index contributed by atoms with van der Waals surface area (Å²) in [5, 5.41) is 0. The molecule has 60 valence electrons. The molecule has 12 heavy (non-hydrogen) atoms. The van der Waals surface area contributed by atoms with Crippen LogP contribution in [-0.4, -0.2) is 14.5 Å². The highest BCUT2D eigenvalue weighted by molar-refractivity contribution is 5.53. The minimum absolute atomic E-state index is 0.907. The molecule has 0 radical (unpaired) electrons. The van der Waals surface area contributed by atoms with Crippen LogP contribution in [0.25, 0.3) is 11.4 Å². The molecule has 0 spiro atoms. The third-order valence-electron chi connectivity index (χ3n) is 1.77. The second kappa shape index (κ2) is 2.77. The predicted molar refractivity (Wildman–Crippen MR) is 46.4 cm³/mol. The number of aryl methyl sites for hydroxylation is 1. The molecule has 0 aliphatic rings. The fourth-order valence-corrected chi connectivity index (χ4v) is 1.16. The Morgan fingerprint density at radius 1 is 1.33 bits per heavy atom. The lowest BCUT2D eigenvalue weighted by molar-refractivity contribution is 0.928. The van der Waals surface area contributed by atoms with Crippen LogP contribution in [-0.2, 0) is 7.05 Å². The topological polar surface area (TPSA) is 30.7 Å². The van der Waals surface area contributed by atoms with Crippen molar-refractivity contribution in [2.24, 2.45) is 7.05 Å². The molecule has 0 saturated heterocycles. The highest BCUT2D eigenvalue weighted by Crippen LogP contribution is 2.13. The van der Waals surface area contributed by atoms with Crippen LogP contribution in [0.1, 0.15) is 0 Å². The lowest BCUT2D eigenvalue weighted by Crippen LogP contribution is -1.91. The normalized spacial score (nSPS) is 10.1. The van der Waals surface area contributed by atoms with Crippen LogP contribution in [0.15, 0.2) is 36.9 Å². The Kier molecular flexibility index (Phi) is 1.63. The van der Waals surface area contributed by atoms with E-state index in [1.807, 2.05) is 29.9 Å². The van der Waals surface area contributed by atoms with Gasteiger partial charge in [0.1, 0.15) is 5.69 Å². The van der Waals surface area contributed by atoms with Crippen molar-refractivity contribution in [2.45, 2.75) is 0 Å². The van der Waals surface area contributed by atoms with Crippen molar-refractivity contribution < 1.29 is 0 Å². The molecule has 0 N–H and O–H groups in total. The van der Waals surface area contributed by atoms with Gasteiger partial charge in [-0.2, -0.15) is 0 Å². The van der Waals surface area contributed by atoms with Gasteiger partial charge in [0.15, 0.2) is 0 Å². The summed E-state index contributed by atoms with van der Waals surface area (Å²) in [6, 6.07) is 4.01. The van der Waals surface area contributed by atoms with Crippen molar-refractivity contribution in [1.82, 2.24) is 14.5 Å². The summed E-state index contributed by atoms with van der Waals surface area (Å²) < 4.78 is 2.02. The number of aromatic nitrogens is 3. The standard InChI is InChI=1S/C9H9N3/c1-12-6-2-3-9(12)8-7-10-4-5-11-8/h2-7H,1H3. The van der Waals surface area contributed by atoms with E-state index in [0.29, 0.717) is 0 Å². The molecular weight excluding hydrogens is 150 g/mol. The molecule has 0 fully saturated rings. The first-order valence-electron chi connectivity index (χ1n) is 3.75. The summed E-state index contributed by atoms with van der Waals surface area (Å²) in [7, 11) is 1.99. The highest BCUT2D eigenvalue weighted by Gasteiger charge is 2.00. The van der Waals surface area contributed by atoms with Crippen LogP contribution in [0.5, 0.6) is 0 Å².